The summed E-state index contributed by atoms with van der Waals surface area (Å²) in [7, 11) is 0. The molecule has 1 aliphatic carbocycles. The Morgan fingerprint density at radius 2 is 1.73 bits per heavy atom. The minimum Gasteiger partial charge on any atom is -0.310 e. The predicted octanol–water partition coefficient (Wildman–Crippen LogP) is 7.33. The Bertz CT molecular complexity index is 1120. The maximum Gasteiger partial charge on any atom is 0.0503 e. The number of benzene rings is 1. The molecule has 2 heteroatoms. The number of anilines is 2. The van der Waals surface area contributed by atoms with Crippen LogP contribution in [0.1, 0.15) is 58.4 Å². The van der Waals surface area contributed by atoms with E-state index in [0.717, 1.165) is 17.8 Å². The Morgan fingerprint density at radius 3 is 2.40 bits per heavy atom. The molecule has 154 valence electrons. The third-order valence-electron chi connectivity index (χ3n) is 5.88. The molecule has 1 aromatic carbocycles. The Balaban J connectivity index is 1.94. The molecule has 0 unspecified atom stereocenters. The standard InChI is InChI=1S/C28H32N2/c1-19-15-24(13-14-29-19)30-25-10-8-9-22(27(2,3)4)17-20(25)16-21-18-23(28(5,6)7)11-12-26(21)30/h8,10-15,17-18H,16H2,1-7H3. The number of aromatic nitrogens is 1. The highest BCUT2D eigenvalue weighted by atomic mass is 15.2. The van der Waals surface area contributed by atoms with Crippen molar-refractivity contribution in [3.05, 3.63) is 94.2 Å². The van der Waals surface area contributed by atoms with Gasteiger partial charge in [-0.2, -0.15) is 0 Å². The van der Waals surface area contributed by atoms with E-state index in [0.29, 0.717) is 0 Å². The summed E-state index contributed by atoms with van der Waals surface area (Å²) in [5.41, 5.74) is 13.7. The van der Waals surface area contributed by atoms with E-state index >= 15 is 0 Å². The number of hydrogen-bond acceptors (Lipinski definition) is 2. The summed E-state index contributed by atoms with van der Waals surface area (Å²) < 4.78 is 0. The zero-order chi connectivity index (χ0) is 21.7. The number of hydrogen-bond donors (Lipinski definition) is 0. The average molecular weight is 397 g/mol. The highest BCUT2D eigenvalue weighted by Gasteiger charge is 2.29. The van der Waals surface area contributed by atoms with Crippen molar-refractivity contribution in [2.75, 3.05) is 4.90 Å². The lowest BCUT2D eigenvalue weighted by molar-refractivity contribution is 0.517. The summed E-state index contributed by atoms with van der Waals surface area (Å²) >= 11 is 0. The second-order valence-corrected chi connectivity index (χ2v) is 10.5. The minimum atomic E-state index is 0.0540. The summed E-state index contributed by atoms with van der Waals surface area (Å²) in [4.78, 5) is 6.80. The maximum absolute atomic E-state index is 4.42. The monoisotopic (exact) mass is 396 g/mol. The molecule has 0 spiro atoms. The van der Waals surface area contributed by atoms with E-state index < -0.39 is 0 Å². The molecule has 1 aromatic heterocycles. The summed E-state index contributed by atoms with van der Waals surface area (Å²) in [6, 6.07) is 11.2. The molecule has 0 amide bonds. The van der Waals surface area contributed by atoms with Crippen LogP contribution in [0.3, 0.4) is 0 Å². The lowest BCUT2D eigenvalue weighted by Gasteiger charge is -2.36. The van der Waals surface area contributed by atoms with Crippen LogP contribution in [-0.2, 0) is 11.8 Å². The third kappa shape index (κ3) is 3.80. The van der Waals surface area contributed by atoms with Crippen molar-refractivity contribution in [3.8, 4) is 0 Å². The number of rotatable bonds is 1. The molecule has 1 aliphatic heterocycles. The van der Waals surface area contributed by atoms with Gasteiger partial charge in [-0.3, -0.25) is 4.98 Å². The first-order valence-electron chi connectivity index (χ1n) is 10.8. The molecule has 0 saturated carbocycles. The SMILES string of the molecule is Cc1cc(N2C3=CC=C=C(C(C)(C)C)C=C3Cc3cc(C(C)(C)C)ccc32)ccn1. The highest BCUT2D eigenvalue weighted by molar-refractivity contribution is 5.78. The van der Waals surface area contributed by atoms with Crippen LogP contribution < -0.4 is 4.90 Å². The topological polar surface area (TPSA) is 16.1 Å². The number of pyridine rings is 1. The van der Waals surface area contributed by atoms with E-state index in [9.17, 15) is 0 Å². The zero-order valence-corrected chi connectivity index (χ0v) is 19.3. The van der Waals surface area contributed by atoms with Crippen molar-refractivity contribution in [2.24, 2.45) is 5.41 Å². The Hall–Kier alpha value is -2.83. The Labute approximate surface area is 181 Å². The van der Waals surface area contributed by atoms with Crippen LogP contribution in [0.2, 0.25) is 0 Å². The summed E-state index contributed by atoms with van der Waals surface area (Å²) in [5, 5.41) is 0. The van der Waals surface area contributed by atoms with E-state index in [-0.39, 0.29) is 10.8 Å². The van der Waals surface area contributed by atoms with Crippen LogP contribution in [0.5, 0.6) is 0 Å². The van der Waals surface area contributed by atoms with Crippen molar-refractivity contribution in [2.45, 2.75) is 60.3 Å². The maximum atomic E-state index is 4.42. The average Bonchev–Trinajstić information content (AvgIpc) is 2.87. The van der Waals surface area contributed by atoms with Crippen LogP contribution in [0.4, 0.5) is 11.4 Å². The van der Waals surface area contributed by atoms with Crippen molar-refractivity contribution in [1.29, 1.82) is 0 Å². The van der Waals surface area contributed by atoms with Gasteiger partial charge in [0.25, 0.3) is 0 Å². The molecule has 2 nitrogen and oxygen atoms in total. The van der Waals surface area contributed by atoms with Gasteiger partial charge in [0.2, 0.25) is 0 Å². The van der Waals surface area contributed by atoms with Gasteiger partial charge in [-0.05, 0) is 76.5 Å². The fourth-order valence-corrected chi connectivity index (χ4v) is 4.09. The van der Waals surface area contributed by atoms with Crippen LogP contribution >= 0.6 is 0 Å². The van der Waals surface area contributed by atoms with E-state index in [1.807, 2.05) is 6.20 Å². The molecule has 0 atom stereocenters. The zero-order valence-electron chi connectivity index (χ0n) is 19.3. The highest BCUT2D eigenvalue weighted by Crippen LogP contribution is 2.44. The number of allylic oxidation sites excluding steroid dienone is 4. The van der Waals surface area contributed by atoms with E-state index in [2.05, 4.69) is 113 Å². The fourth-order valence-electron chi connectivity index (χ4n) is 4.09. The third-order valence-corrected chi connectivity index (χ3v) is 5.88. The predicted molar refractivity (Wildman–Crippen MR) is 127 cm³/mol. The fraction of sp³-hybridized carbons (Fsp3) is 0.357. The van der Waals surface area contributed by atoms with Crippen LogP contribution in [-0.4, -0.2) is 4.98 Å². The number of aryl methyl sites for hydroxylation is 1. The molecule has 30 heavy (non-hydrogen) atoms. The summed E-state index contributed by atoms with van der Waals surface area (Å²) in [6.45, 7) is 15.7. The van der Waals surface area contributed by atoms with Gasteiger partial charge in [0, 0.05) is 29.7 Å². The molecule has 2 heterocycles. The normalized spacial score (nSPS) is 16.2. The van der Waals surface area contributed by atoms with Gasteiger partial charge in [0.15, 0.2) is 0 Å². The molecular formula is C28H32N2. The molecule has 0 N–H and O–H groups in total. The minimum absolute atomic E-state index is 0.0540. The molecule has 0 bridgehead atoms. The van der Waals surface area contributed by atoms with Gasteiger partial charge < -0.3 is 4.90 Å². The van der Waals surface area contributed by atoms with Gasteiger partial charge in [-0.25, -0.2) is 0 Å². The number of nitrogens with zero attached hydrogens (tertiary/aromatic N) is 2. The summed E-state index contributed by atoms with van der Waals surface area (Å²) in [6.07, 6.45) is 9.47. The first-order valence-corrected chi connectivity index (χ1v) is 10.8. The molecule has 0 radical (unpaired) electrons. The first kappa shape index (κ1) is 20.4. The smallest absolute Gasteiger partial charge is 0.0503 e. The van der Waals surface area contributed by atoms with Crippen molar-refractivity contribution < 1.29 is 0 Å². The Kier molecular flexibility index (Phi) is 4.87. The lowest BCUT2D eigenvalue weighted by atomic mass is 9.82. The van der Waals surface area contributed by atoms with E-state index in [1.54, 1.807) is 0 Å². The molecule has 0 saturated heterocycles. The molecule has 2 aromatic rings. The summed E-state index contributed by atoms with van der Waals surface area (Å²) in [5.74, 6) is 0. The van der Waals surface area contributed by atoms with Crippen molar-refractivity contribution >= 4 is 11.4 Å². The second kappa shape index (κ2) is 7.15. The lowest BCUT2D eigenvalue weighted by Crippen LogP contribution is -2.26. The van der Waals surface area contributed by atoms with Gasteiger partial charge in [0.05, 0.1) is 5.70 Å². The first-order chi connectivity index (χ1) is 14.0. The molecule has 0 fully saturated rings. The second-order valence-electron chi connectivity index (χ2n) is 10.5. The van der Waals surface area contributed by atoms with Crippen LogP contribution in [0.25, 0.3) is 0 Å². The van der Waals surface area contributed by atoms with Gasteiger partial charge in [-0.1, -0.05) is 53.7 Å². The van der Waals surface area contributed by atoms with Crippen molar-refractivity contribution in [3.63, 3.8) is 0 Å². The quantitative estimate of drug-likeness (QED) is 0.469. The van der Waals surface area contributed by atoms with Gasteiger partial charge in [0.1, 0.15) is 0 Å². The van der Waals surface area contributed by atoms with Crippen LogP contribution in [0.15, 0.2) is 77.3 Å². The van der Waals surface area contributed by atoms with E-state index in [4.69, 9.17) is 0 Å². The van der Waals surface area contributed by atoms with Crippen LogP contribution in [0, 0.1) is 12.3 Å². The van der Waals surface area contributed by atoms with E-state index in [1.165, 1.54) is 33.7 Å². The molecular weight excluding hydrogens is 364 g/mol. The van der Waals surface area contributed by atoms with Gasteiger partial charge >= 0.3 is 0 Å². The number of fused-ring (bicyclic) bond motifs is 2. The largest absolute Gasteiger partial charge is 0.310 e. The van der Waals surface area contributed by atoms with Gasteiger partial charge in [-0.15, -0.1) is 5.73 Å². The molecule has 4 rings (SSSR count). The molecule has 2 aliphatic rings. The van der Waals surface area contributed by atoms with Crippen molar-refractivity contribution in [1.82, 2.24) is 4.98 Å². The Morgan fingerprint density at radius 1 is 0.967 bits per heavy atom.